The third-order valence-electron chi connectivity index (χ3n) is 3.64. The fraction of sp³-hybridized carbons (Fsp3) is 0.917. The lowest BCUT2D eigenvalue weighted by Crippen LogP contribution is -2.32. The maximum Gasteiger partial charge on any atom is 0.225 e. The first-order valence-electron chi connectivity index (χ1n) is 5.67. The Labute approximate surface area is 92.8 Å². The minimum Gasteiger partial charge on any atom is -0.381 e. The molecule has 1 fully saturated rings. The van der Waals surface area contributed by atoms with Crippen molar-refractivity contribution in [2.24, 2.45) is 11.3 Å². The summed E-state index contributed by atoms with van der Waals surface area (Å²) in [7, 11) is 1.65. The second kappa shape index (κ2) is 4.52. The van der Waals surface area contributed by atoms with E-state index in [0.717, 1.165) is 13.1 Å². The Morgan fingerprint density at radius 2 is 2.20 bits per heavy atom. The van der Waals surface area contributed by atoms with Gasteiger partial charge in [-0.3, -0.25) is 4.79 Å². The summed E-state index contributed by atoms with van der Waals surface area (Å²) in [6, 6.07) is 0. The topological polar surface area (TPSA) is 29.5 Å². The van der Waals surface area contributed by atoms with Gasteiger partial charge in [0.05, 0.1) is 12.5 Å². The van der Waals surface area contributed by atoms with E-state index in [9.17, 15) is 4.79 Å². The van der Waals surface area contributed by atoms with Gasteiger partial charge in [-0.25, -0.2) is 0 Å². The number of ether oxygens (including phenoxy) is 1. The van der Waals surface area contributed by atoms with Crippen LogP contribution in [0.3, 0.4) is 0 Å². The maximum atomic E-state index is 11.9. The van der Waals surface area contributed by atoms with Crippen LogP contribution in [0.4, 0.5) is 0 Å². The van der Waals surface area contributed by atoms with Gasteiger partial charge in [-0.1, -0.05) is 20.8 Å². The molecule has 0 N–H and O–H groups in total. The SMILES string of the molecule is CO[C@H](C)CC(=O)N1CC(C)C(C)(C)C1. The molecule has 2 atom stereocenters. The normalized spacial score (nSPS) is 26.7. The molecule has 0 aliphatic carbocycles. The van der Waals surface area contributed by atoms with E-state index < -0.39 is 0 Å². The predicted octanol–water partition coefficient (Wildman–Crippen LogP) is 1.92. The van der Waals surface area contributed by atoms with Crippen LogP contribution in [-0.2, 0) is 9.53 Å². The number of carbonyl (C=O) groups excluding carboxylic acids is 1. The van der Waals surface area contributed by atoms with Crippen molar-refractivity contribution in [2.75, 3.05) is 20.2 Å². The van der Waals surface area contributed by atoms with Crippen molar-refractivity contribution in [1.82, 2.24) is 4.90 Å². The van der Waals surface area contributed by atoms with Crippen LogP contribution in [0, 0.1) is 11.3 Å². The first-order valence-corrected chi connectivity index (χ1v) is 5.67. The van der Waals surface area contributed by atoms with Gasteiger partial charge in [-0.05, 0) is 18.3 Å². The summed E-state index contributed by atoms with van der Waals surface area (Å²) < 4.78 is 5.11. The number of amides is 1. The smallest absolute Gasteiger partial charge is 0.225 e. The maximum absolute atomic E-state index is 11.9. The Balaban J connectivity index is 2.50. The van der Waals surface area contributed by atoms with E-state index in [0.29, 0.717) is 12.3 Å². The highest BCUT2D eigenvalue weighted by Crippen LogP contribution is 2.34. The van der Waals surface area contributed by atoms with Crippen LogP contribution >= 0.6 is 0 Å². The van der Waals surface area contributed by atoms with Crippen LogP contribution in [0.15, 0.2) is 0 Å². The molecule has 1 saturated heterocycles. The third kappa shape index (κ3) is 2.94. The van der Waals surface area contributed by atoms with E-state index >= 15 is 0 Å². The van der Waals surface area contributed by atoms with E-state index in [2.05, 4.69) is 20.8 Å². The molecule has 0 aromatic rings. The quantitative estimate of drug-likeness (QED) is 0.717. The molecule has 1 aliphatic rings. The lowest BCUT2D eigenvalue weighted by Gasteiger charge is -2.22. The molecule has 3 heteroatoms. The molecule has 3 nitrogen and oxygen atoms in total. The minimum absolute atomic E-state index is 0.0246. The van der Waals surface area contributed by atoms with Gasteiger partial charge < -0.3 is 9.64 Å². The monoisotopic (exact) mass is 213 g/mol. The summed E-state index contributed by atoms with van der Waals surface area (Å²) >= 11 is 0. The van der Waals surface area contributed by atoms with Crippen LogP contribution in [0.25, 0.3) is 0 Å². The molecule has 0 spiro atoms. The van der Waals surface area contributed by atoms with Crippen LogP contribution < -0.4 is 0 Å². The lowest BCUT2D eigenvalue weighted by atomic mass is 9.84. The molecular formula is C12H23NO2. The number of carbonyl (C=O) groups is 1. The van der Waals surface area contributed by atoms with E-state index in [1.165, 1.54) is 0 Å². The molecule has 1 rings (SSSR count). The van der Waals surface area contributed by atoms with E-state index in [1.807, 2.05) is 11.8 Å². The molecule has 0 radical (unpaired) electrons. The van der Waals surface area contributed by atoms with Gasteiger partial charge in [0, 0.05) is 20.2 Å². The fourth-order valence-electron chi connectivity index (χ4n) is 1.94. The summed E-state index contributed by atoms with van der Waals surface area (Å²) in [6.45, 7) is 10.4. The first-order chi connectivity index (χ1) is 6.86. The number of likely N-dealkylation sites (tertiary alicyclic amines) is 1. The number of nitrogens with zero attached hydrogens (tertiary/aromatic N) is 1. The van der Waals surface area contributed by atoms with Gasteiger partial charge in [-0.2, -0.15) is 0 Å². The molecule has 88 valence electrons. The molecule has 0 aromatic carbocycles. The first kappa shape index (κ1) is 12.5. The number of rotatable bonds is 3. The molecule has 15 heavy (non-hydrogen) atoms. The molecule has 1 amide bonds. The predicted molar refractivity (Wildman–Crippen MR) is 60.6 cm³/mol. The van der Waals surface area contributed by atoms with E-state index in [-0.39, 0.29) is 17.4 Å². The van der Waals surface area contributed by atoms with Crippen LogP contribution in [0.1, 0.15) is 34.1 Å². The minimum atomic E-state index is 0.0246. The second-order valence-corrected chi connectivity index (χ2v) is 5.41. The van der Waals surface area contributed by atoms with Gasteiger partial charge in [-0.15, -0.1) is 0 Å². The standard InChI is InChI=1S/C12H23NO2/c1-9-7-13(8-12(9,3)4)11(14)6-10(2)15-5/h9-10H,6-8H2,1-5H3/t9?,10-/m1/s1. The van der Waals surface area contributed by atoms with Crippen LogP contribution in [0.2, 0.25) is 0 Å². The zero-order valence-electron chi connectivity index (χ0n) is 10.5. The molecule has 0 bridgehead atoms. The highest BCUT2D eigenvalue weighted by atomic mass is 16.5. The van der Waals surface area contributed by atoms with Crippen molar-refractivity contribution in [1.29, 1.82) is 0 Å². The molecule has 0 aromatic heterocycles. The van der Waals surface area contributed by atoms with Crippen LogP contribution in [-0.4, -0.2) is 37.1 Å². The Hall–Kier alpha value is -0.570. The fourth-order valence-corrected chi connectivity index (χ4v) is 1.94. The summed E-state index contributed by atoms with van der Waals surface area (Å²) in [5.74, 6) is 0.807. The molecule has 0 saturated carbocycles. The van der Waals surface area contributed by atoms with E-state index in [1.54, 1.807) is 7.11 Å². The molecule has 1 unspecified atom stereocenters. The Bertz CT molecular complexity index is 238. The number of hydrogen-bond acceptors (Lipinski definition) is 2. The Morgan fingerprint density at radius 1 is 1.60 bits per heavy atom. The third-order valence-corrected chi connectivity index (χ3v) is 3.64. The average Bonchev–Trinajstić information content (AvgIpc) is 2.41. The lowest BCUT2D eigenvalue weighted by molar-refractivity contribution is -0.132. The second-order valence-electron chi connectivity index (χ2n) is 5.41. The summed E-state index contributed by atoms with van der Waals surface area (Å²) in [5.41, 5.74) is 0.256. The van der Waals surface area contributed by atoms with Crippen molar-refractivity contribution in [3.8, 4) is 0 Å². The van der Waals surface area contributed by atoms with Gasteiger partial charge in [0.2, 0.25) is 5.91 Å². The van der Waals surface area contributed by atoms with Crippen molar-refractivity contribution < 1.29 is 9.53 Å². The van der Waals surface area contributed by atoms with Crippen molar-refractivity contribution >= 4 is 5.91 Å². The zero-order valence-corrected chi connectivity index (χ0v) is 10.5. The Kier molecular flexibility index (Phi) is 3.77. The van der Waals surface area contributed by atoms with Gasteiger partial charge in [0.25, 0.3) is 0 Å². The zero-order chi connectivity index (χ0) is 11.6. The molecule has 1 aliphatic heterocycles. The summed E-state index contributed by atoms with van der Waals surface area (Å²) in [5, 5.41) is 0. The average molecular weight is 213 g/mol. The highest BCUT2D eigenvalue weighted by Gasteiger charge is 2.38. The summed E-state index contributed by atoms with van der Waals surface area (Å²) in [6.07, 6.45) is 0.524. The van der Waals surface area contributed by atoms with Crippen molar-refractivity contribution in [3.63, 3.8) is 0 Å². The molecule has 1 heterocycles. The number of hydrogen-bond donors (Lipinski definition) is 0. The Morgan fingerprint density at radius 3 is 2.60 bits per heavy atom. The van der Waals surface area contributed by atoms with E-state index in [4.69, 9.17) is 4.74 Å². The van der Waals surface area contributed by atoms with Crippen molar-refractivity contribution in [2.45, 2.75) is 40.2 Å². The largest absolute Gasteiger partial charge is 0.381 e. The number of methoxy groups -OCH3 is 1. The van der Waals surface area contributed by atoms with Gasteiger partial charge in [0.15, 0.2) is 0 Å². The highest BCUT2D eigenvalue weighted by molar-refractivity contribution is 5.77. The van der Waals surface area contributed by atoms with Crippen LogP contribution in [0.5, 0.6) is 0 Å². The molecular weight excluding hydrogens is 190 g/mol. The summed E-state index contributed by atoms with van der Waals surface area (Å²) in [4.78, 5) is 13.9. The van der Waals surface area contributed by atoms with Gasteiger partial charge in [0.1, 0.15) is 0 Å². The van der Waals surface area contributed by atoms with Crippen molar-refractivity contribution in [3.05, 3.63) is 0 Å². The van der Waals surface area contributed by atoms with Gasteiger partial charge >= 0.3 is 0 Å².